The van der Waals surface area contributed by atoms with Crippen molar-refractivity contribution in [3.8, 4) is 5.75 Å². The van der Waals surface area contributed by atoms with Gasteiger partial charge in [0.15, 0.2) is 5.78 Å². The molecule has 160 valence electrons. The number of nitrogens with zero attached hydrogens (tertiary/aromatic N) is 1. The molecule has 1 heterocycles. The van der Waals surface area contributed by atoms with E-state index in [-0.39, 0.29) is 22.6 Å². The molecule has 0 aromatic heterocycles. The van der Waals surface area contributed by atoms with Crippen LogP contribution in [0.2, 0.25) is 0 Å². The molecule has 1 unspecified atom stereocenters. The number of ketones is 1. The summed E-state index contributed by atoms with van der Waals surface area (Å²) in [4.78, 5) is 15.1. The summed E-state index contributed by atoms with van der Waals surface area (Å²) in [5.74, 6) is 1.22. The molecule has 0 amide bonds. The average Bonchev–Trinajstić information content (AvgIpc) is 3.53. The molecule has 1 aliphatic carbocycles. The number of rotatable bonds is 10. The van der Waals surface area contributed by atoms with Crippen LogP contribution in [-0.2, 0) is 10.0 Å². The molecule has 1 atom stereocenters. The molecule has 0 spiro atoms. The lowest BCUT2D eigenvalue weighted by molar-refractivity contribution is 0.0967. The van der Waals surface area contributed by atoms with Crippen molar-refractivity contribution in [2.45, 2.75) is 49.5 Å². The molecule has 2 aliphatic rings. The minimum Gasteiger partial charge on any atom is -0.494 e. The molecule has 7 heteroatoms. The summed E-state index contributed by atoms with van der Waals surface area (Å²) in [6.45, 7) is 1.28. The molecule has 30 heavy (non-hydrogen) atoms. The van der Waals surface area contributed by atoms with Crippen LogP contribution in [0.1, 0.15) is 48.9 Å². The zero-order valence-corrected chi connectivity index (χ0v) is 17.8. The number of benzene rings is 2. The van der Waals surface area contributed by atoms with Crippen LogP contribution in [0.5, 0.6) is 5.75 Å². The van der Waals surface area contributed by atoms with Gasteiger partial charge in [-0.2, -0.15) is 0 Å². The first-order chi connectivity index (χ1) is 14.5. The Morgan fingerprint density at radius 2 is 1.77 bits per heavy atom. The molecular weight excluding hydrogens is 400 g/mol. The van der Waals surface area contributed by atoms with Gasteiger partial charge in [-0.1, -0.05) is 18.2 Å². The molecule has 1 aliphatic heterocycles. The summed E-state index contributed by atoms with van der Waals surface area (Å²) < 4.78 is 31.0. The van der Waals surface area contributed by atoms with Gasteiger partial charge in [-0.25, -0.2) is 13.4 Å². The first-order valence-corrected chi connectivity index (χ1v) is 12.1. The second kappa shape index (κ2) is 9.29. The van der Waals surface area contributed by atoms with Gasteiger partial charge in [0.1, 0.15) is 5.75 Å². The van der Waals surface area contributed by atoms with Gasteiger partial charge in [0.2, 0.25) is 0 Å². The van der Waals surface area contributed by atoms with Crippen molar-refractivity contribution in [2.24, 2.45) is 5.92 Å². The Morgan fingerprint density at radius 1 is 1.03 bits per heavy atom. The van der Waals surface area contributed by atoms with E-state index >= 15 is 0 Å². The van der Waals surface area contributed by atoms with Gasteiger partial charge in [0.25, 0.3) is 10.0 Å². The lowest BCUT2D eigenvalue weighted by atomic mass is 10.1. The maximum atomic E-state index is 12.6. The van der Waals surface area contributed by atoms with Crippen LogP contribution in [0.3, 0.4) is 0 Å². The van der Waals surface area contributed by atoms with Gasteiger partial charge in [-0.3, -0.25) is 4.79 Å². The Bertz CT molecular complexity index is 956. The third-order valence-corrected chi connectivity index (χ3v) is 7.07. The van der Waals surface area contributed by atoms with Gasteiger partial charge in [-0.05, 0) is 74.9 Å². The van der Waals surface area contributed by atoms with Crippen LogP contribution in [-0.4, -0.2) is 38.4 Å². The number of hydrogen-bond acceptors (Lipinski definition) is 5. The summed E-state index contributed by atoms with van der Waals surface area (Å²) in [5, 5.41) is 1.85. The minimum absolute atomic E-state index is 0.172. The van der Waals surface area contributed by atoms with Crippen LogP contribution in [0.4, 0.5) is 0 Å². The van der Waals surface area contributed by atoms with Crippen LogP contribution < -0.4 is 9.57 Å². The Hall–Kier alpha value is -2.22. The van der Waals surface area contributed by atoms with E-state index in [9.17, 15) is 13.2 Å². The molecule has 1 saturated carbocycles. The molecule has 1 N–H and O–H groups in total. The van der Waals surface area contributed by atoms with Crippen molar-refractivity contribution in [3.63, 3.8) is 0 Å². The highest BCUT2D eigenvalue weighted by atomic mass is 32.2. The van der Waals surface area contributed by atoms with E-state index in [1.807, 2.05) is 29.3 Å². The molecule has 6 nitrogen and oxygen atoms in total. The predicted molar refractivity (Wildman–Crippen MR) is 115 cm³/mol. The fourth-order valence-corrected chi connectivity index (χ4v) is 5.04. The van der Waals surface area contributed by atoms with E-state index in [0.29, 0.717) is 13.2 Å². The summed E-state index contributed by atoms with van der Waals surface area (Å²) in [6.07, 6.45) is 5.65. The van der Waals surface area contributed by atoms with Crippen LogP contribution in [0, 0.1) is 5.92 Å². The molecule has 2 aromatic rings. The standard InChI is InChI=1S/C23H28N2O4S/c26-23(18-10-11-18)19-12-14-21(15-13-19)29-17-5-7-20-6-4-16-25(20)24-30(27,28)22-8-2-1-3-9-22/h1-3,8-9,12-15,18,20,24H,4-7,10-11,16-17H2. The van der Waals surface area contributed by atoms with Gasteiger partial charge >= 0.3 is 0 Å². The van der Waals surface area contributed by atoms with E-state index in [1.165, 1.54) is 0 Å². The summed E-state index contributed by atoms with van der Waals surface area (Å²) in [5.41, 5.74) is 0.761. The number of carbonyl (C=O) groups is 1. The Morgan fingerprint density at radius 3 is 2.47 bits per heavy atom. The second-order valence-electron chi connectivity index (χ2n) is 8.05. The maximum absolute atomic E-state index is 12.6. The first-order valence-electron chi connectivity index (χ1n) is 10.6. The fourth-order valence-electron chi connectivity index (χ4n) is 3.87. The molecule has 0 bridgehead atoms. The van der Waals surface area contributed by atoms with Crippen LogP contribution >= 0.6 is 0 Å². The average molecular weight is 429 g/mol. The van der Waals surface area contributed by atoms with E-state index in [1.54, 1.807) is 30.3 Å². The van der Waals surface area contributed by atoms with Crippen molar-refractivity contribution >= 4 is 15.8 Å². The lowest BCUT2D eigenvalue weighted by Crippen LogP contribution is -2.45. The van der Waals surface area contributed by atoms with Gasteiger partial charge < -0.3 is 4.74 Å². The highest BCUT2D eigenvalue weighted by Gasteiger charge is 2.30. The molecular formula is C23H28N2O4S. The van der Waals surface area contributed by atoms with Crippen LogP contribution in [0.25, 0.3) is 0 Å². The van der Waals surface area contributed by atoms with E-state index in [2.05, 4.69) is 4.83 Å². The molecule has 2 fully saturated rings. The Balaban J connectivity index is 1.23. The second-order valence-corrected chi connectivity index (χ2v) is 9.71. The first kappa shape index (κ1) is 21.0. The maximum Gasteiger partial charge on any atom is 0.253 e. The van der Waals surface area contributed by atoms with Crippen molar-refractivity contribution in [1.29, 1.82) is 0 Å². The number of nitrogens with one attached hydrogen (secondary N) is 1. The third kappa shape index (κ3) is 5.28. The van der Waals surface area contributed by atoms with E-state index in [0.717, 1.165) is 49.8 Å². The largest absolute Gasteiger partial charge is 0.494 e. The molecule has 1 saturated heterocycles. The molecule has 2 aromatic carbocycles. The summed E-state index contributed by atoms with van der Waals surface area (Å²) >= 11 is 0. The van der Waals surface area contributed by atoms with Crippen molar-refractivity contribution < 1.29 is 17.9 Å². The smallest absolute Gasteiger partial charge is 0.253 e. The number of sulfonamides is 1. The third-order valence-electron chi connectivity index (χ3n) is 5.71. The van der Waals surface area contributed by atoms with Gasteiger partial charge in [0.05, 0.1) is 11.5 Å². The number of Topliss-reactive ketones (excluding diaryl/α,β-unsaturated/α-hetero) is 1. The molecule has 0 radical (unpaired) electrons. The normalized spacial score (nSPS) is 19.7. The summed E-state index contributed by atoms with van der Waals surface area (Å²) in [6, 6.07) is 16.0. The number of ether oxygens (including phenoxy) is 1. The van der Waals surface area contributed by atoms with E-state index in [4.69, 9.17) is 4.74 Å². The number of hydrogen-bond donors (Lipinski definition) is 1. The van der Waals surface area contributed by atoms with E-state index < -0.39 is 10.0 Å². The predicted octanol–water partition coefficient (Wildman–Crippen LogP) is 3.80. The molecule has 4 rings (SSSR count). The minimum atomic E-state index is -3.55. The lowest BCUT2D eigenvalue weighted by Gasteiger charge is -2.25. The van der Waals surface area contributed by atoms with Gasteiger partial charge in [-0.15, -0.1) is 4.83 Å². The fraction of sp³-hybridized carbons (Fsp3) is 0.435. The quantitative estimate of drug-likeness (QED) is 0.460. The number of carbonyl (C=O) groups excluding carboxylic acids is 1. The van der Waals surface area contributed by atoms with Gasteiger partial charge in [0, 0.05) is 24.1 Å². The van der Waals surface area contributed by atoms with Crippen molar-refractivity contribution in [2.75, 3.05) is 13.2 Å². The zero-order chi connectivity index (χ0) is 21.0. The SMILES string of the molecule is O=C(c1ccc(OCCCC2CCCN2NS(=O)(=O)c2ccccc2)cc1)C1CC1. The zero-order valence-electron chi connectivity index (χ0n) is 17.0. The number of hydrazine groups is 1. The topological polar surface area (TPSA) is 75.7 Å². The monoisotopic (exact) mass is 428 g/mol. The van der Waals surface area contributed by atoms with Crippen molar-refractivity contribution in [3.05, 3.63) is 60.2 Å². The summed E-state index contributed by atoms with van der Waals surface area (Å²) in [7, 11) is -3.55. The van der Waals surface area contributed by atoms with Crippen molar-refractivity contribution in [1.82, 2.24) is 9.84 Å². The highest BCUT2D eigenvalue weighted by Crippen LogP contribution is 2.33. The highest BCUT2D eigenvalue weighted by molar-refractivity contribution is 7.89. The van der Waals surface area contributed by atoms with Crippen LogP contribution in [0.15, 0.2) is 59.5 Å². The Kier molecular flexibility index (Phi) is 6.51. The Labute approximate surface area is 178 Å².